The zero-order valence-corrected chi connectivity index (χ0v) is 13.8. The Labute approximate surface area is 144 Å². The summed E-state index contributed by atoms with van der Waals surface area (Å²) in [4.78, 5) is 16.5. The summed E-state index contributed by atoms with van der Waals surface area (Å²) in [6.45, 7) is 0. The maximum Gasteiger partial charge on any atom is 0.225 e. The molecule has 3 rings (SSSR count). The predicted molar refractivity (Wildman–Crippen MR) is 91.3 cm³/mol. The SMILES string of the molecule is N#Cc1ccc(C2CC2)nc1SCCC(=O)Nc1cccc(F)c1. The number of hydrogen-bond donors (Lipinski definition) is 1. The summed E-state index contributed by atoms with van der Waals surface area (Å²) in [6.07, 6.45) is 2.57. The largest absolute Gasteiger partial charge is 0.326 e. The topological polar surface area (TPSA) is 65.8 Å². The van der Waals surface area contributed by atoms with E-state index < -0.39 is 0 Å². The summed E-state index contributed by atoms with van der Waals surface area (Å²) >= 11 is 1.40. The third kappa shape index (κ3) is 4.33. The molecule has 0 unspecified atom stereocenters. The third-order valence-corrected chi connectivity index (χ3v) is 4.67. The van der Waals surface area contributed by atoms with Crippen LogP contribution < -0.4 is 5.32 Å². The van der Waals surface area contributed by atoms with Crippen molar-refractivity contribution < 1.29 is 9.18 Å². The Morgan fingerprint density at radius 3 is 2.92 bits per heavy atom. The summed E-state index contributed by atoms with van der Waals surface area (Å²) in [7, 11) is 0. The monoisotopic (exact) mass is 341 g/mol. The normalized spacial score (nSPS) is 13.3. The second kappa shape index (κ2) is 7.45. The molecule has 122 valence electrons. The van der Waals surface area contributed by atoms with Gasteiger partial charge in [-0.15, -0.1) is 11.8 Å². The number of carbonyl (C=O) groups excluding carboxylic acids is 1. The first kappa shape index (κ1) is 16.5. The number of hydrogen-bond acceptors (Lipinski definition) is 4. The van der Waals surface area contributed by atoms with Gasteiger partial charge in [0.05, 0.1) is 5.56 Å². The van der Waals surface area contributed by atoms with Crippen molar-refractivity contribution >= 4 is 23.4 Å². The summed E-state index contributed by atoms with van der Waals surface area (Å²) in [5.41, 5.74) is 2.01. The van der Waals surface area contributed by atoms with E-state index in [1.54, 1.807) is 18.2 Å². The van der Waals surface area contributed by atoms with Crippen molar-refractivity contribution in [1.29, 1.82) is 5.26 Å². The van der Waals surface area contributed by atoms with Crippen molar-refractivity contribution in [1.82, 2.24) is 4.98 Å². The lowest BCUT2D eigenvalue weighted by Gasteiger charge is -2.07. The van der Waals surface area contributed by atoms with Crippen LogP contribution in [0.1, 0.15) is 36.4 Å². The van der Waals surface area contributed by atoms with Crippen LogP contribution in [-0.2, 0) is 4.79 Å². The van der Waals surface area contributed by atoms with Gasteiger partial charge < -0.3 is 5.32 Å². The van der Waals surface area contributed by atoms with Crippen molar-refractivity contribution in [2.45, 2.75) is 30.2 Å². The van der Waals surface area contributed by atoms with E-state index in [0.29, 0.717) is 27.9 Å². The number of thioether (sulfide) groups is 1. The first-order chi connectivity index (χ1) is 11.7. The fourth-order valence-corrected chi connectivity index (χ4v) is 3.21. The number of nitrogens with one attached hydrogen (secondary N) is 1. The standard InChI is InChI=1S/C18H16FN3OS/c19-14-2-1-3-15(10-14)21-17(23)8-9-24-18-13(11-20)6-7-16(22-18)12-4-5-12/h1-3,6-7,10,12H,4-5,8-9H2,(H,21,23). The average Bonchev–Trinajstić information content (AvgIpc) is 3.39. The van der Waals surface area contributed by atoms with Gasteiger partial charge in [0, 0.05) is 29.5 Å². The van der Waals surface area contributed by atoms with E-state index in [1.165, 1.54) is 23.9 Å². The lowest BCUT2D eigenvalue weighted by molar-refractivity contribution is -0.115. The van der Waals surface area contributed by atoms with Gasteiger partial charge in [0.1, 0.15) is 16.9 Å². The Balaban J connectivity index is 1.55. The van der Waals surface area contributed by atoms with Crippen LogP contribution in [0.2, 0.25) is 0 Å². The molecular weight excluding hydrogens is 325 g/mol. The van der Waals surface area contributed by atoms with Crippen molar-refractivity contribution in [3.05, 3.63) is 53.5 Å². The highest BCUT2D eigenvalue weighted by Crippen LogP contribution is 2.39. The summed E-state index contributed by atoms with van der Waals surface area (Å²) in [6, 6.07) is 11.6. The molecular formula is C18H16FN3OS. The van der Waals surface area contributed by atoms with E-state index in [0.717, 1.165) is 18.5 Å². The number of rotatable bonds is 6. The number of benzene rings is 1. The Morgan fingerprint density at radius 2 is 2.21 bits per heavy atom. The zero-order chi connectivity index (χ0) is 16.9. The molecule has 0 bridgehead atoms. The van der Waals surface area contributed by atoms with Crippen LogP contribution in [0.4, 0.5) is 10.1 Å². The van der Waals surface area contributed by atoms with Gasteiger partial charge in [-0.2, -0.15) is 5.26 Å². The Hall–Kier alpha value is -2.39. The molecule has 0 saturated heterocycles. The van der Waals surface area contributed by atoms with E-state index in [-0.39, 0.29) is 18.1 Å². The van der Waals surface area contributed by atoms with E-state index in [2.05, 4.69) is 16.4 Å². The van der Waals surface area contributed by atoms with Crippen molar-refractivity contribution in [2.24, 2.45) is 0 Å². The molecule has 24 heavy (non-hydrogen) atoms. The van der Waals surface area contributed by atoms with Gasteiger partial charge in [-0.1, -0.05) is 6.07 Å². The molecule has 1 fully saturated rings. The molecule has 0 spiro atoms. The number of carbonyl (C=O) groups is 1. The highest BCUT2D eigenvalue weighted by atomic mass is 32.2. The van der Waals surface area contributed by atoms with Gasteiger partial charge in [-0.25, -0.2) is 9.37 Å². The minimum absolute atomic E-state index is 0.190. The van der Waals surface area contributed by atoms with Crippen molar-refractivity contribution in [3.8, 4) is 6.07 Å². The maximum atomic E-state index is 13.1. The third-order valence-electron chi connectivity index (χ3n) is 3.67. The molecule has 6 heteroatoms. The summed E-state index contributed by atoms with van der Waals surface area (Å²) < 4.78 is 13.1. The second-order valence-electron chi connectivity index (χ2n) is 5.63. The van der Waals surface area contributed by atoms with E-state index in [4.69, 9.17) is 0 Å². The van der Waals surface area contributed by atoms with E-state index in [1.807, 2.05) is 6.07 Å². The highest BCUT2D eigenvalue weighted by molar-refractivity contribution is 7.99. The minimum atomic E-state index is -0.387. The molecule has 1 heterocycles. The number of pyridine rings is 1. The minimum Gasteiger partial charge on any atom is -0.326 e. The second-order valence-corrected chi connectivity index (χ2v) is 6.72. The number of nitrogens with zero attached hydrogens (tertiary/aromatic N) is 2. The highest BCUT2D eigenvalue weighted by Gasteiger charge is 2.25. The molecule has 1 aliphatic rings. The molecule has 4 nitrogen and oxygen atoms in total. The number of anilines is 1. The lowest BCUT2D eigenvalue weighted by atomic mass is 10.2. The van der Waals surface area contributed by atoms with Crippen molar-refractivity contribution in [2.75, 3.05) is 11.1 Å². The van der Waals surface area contributed by atoms with Gasteiger partial charge in [-0.05, 0) is 43.2 Å². The molecule has 1 saturated carbocycles. The van der Waals surface area contributed by atoms with Crippen LogP contribution >= 0.6 is 11.8 Å². The van der Waals surface area contributed by atoms with Gasteiger partial charge in [0.2, 0.25) is 5.91 Å². The van der Waals surface area contributed by atoms with E-state index in [9.17, 15) is 14.4 Å². The number of aromatic nitrogens is 1. The number of halogens is 1. The first-order valence-corrected chi connectivity index (χ1v) is 8.73. The van der Waals surface area contributed by atoms with Crippen molar-refractivity contribution in [3.63, 3.8) is 0 Å². The molecule has 0 aliphatic heterocycles. The Bertz CT molecular complexity index is 799. The van der Waals surface area contributed by atoms with Crippen LogP contribution in [0, 0.1) is 17.1 Å². The number of nitriles is 1. The smallest absolute Gasteiger partial charge is 0.225 e. The van der Waals surface area contributed by atoms with Gasteiger partial charge >= 0.3 is 0 Å². The molecule has 1 aliphatic carbocycles. The molecule has 2 aromatic rings. The summed E-state index contributed by atoms with van der Waals surface area (Å²) in [5.74, 6) is 0.456. The van der Waals surface area contributed by atoms with Crippen LogP contribution in [0.15, 0.2) is 41.4 Å². The average molecular weight is 341 g/mol. The van der Waals surface area contributed by atoms with Gasteiger partial charge in [-0.3, -0.25) is 4.79 Å². The Morgan fingerprint density at radius 1 is 1.38 bits per heavy atom. The fourth-order valence-electron chi connectivity index (χ4n) is 2.29. The lowest BCUT2D eigenvalue weighted by Crippen LogP contribution is -2.12. The fraction of sp³-hybridized carbons (Fsp3) is 0.278. The van der Waals surface area contributed by atoms with Crippen LogP contribution in [0.5, 0.6) is 0 Å². The zero-order valence-electron chi connectivity index (χ0n) is 13.0. The van der Waals surface area contributed by atoms with Crippen LogP contribution in [0.25, 0.3) is 0 Å². The van der Waals surface area contributed by atoms with Gasteiger partial charge in [0.25, 0.3) is 0 Å². The molecule has 1 N–H and O–H groups in total. The van der Waals surface area contributed by atoms with Gasteiger partial charge in [0.15, 0.2) is 0 Å². The Kier molecular flexibility index (Phi) is 5.11. The predicted octanol–water partition coefficient (Wildman–Crippen LogP) is 4.09. The molecule has 0 radical (unpaired) electrons. The molecule has 1 aromatic heterocycles. The summed E-state index contributed by atoms with van der Waals surface area (Å²) in [5, 5.41) is 12.5. The maximum absolute atomic E-state index is 13.1. The van der Waals surface area contributed by atoms with Crippen LogP contribution in [-0.4, -0.2) is 16.6 Å². The number of amides is 1. The van der Waals surface area contributed by atoms with E-state index >= 15 is 0 Å². The molecule has 1 amide bonds. The molecule has 1 aromatic carbocycles. The quantitative estimate of drug-likeness (QED) is 0.804. The first-order valence-electron chi connectivity index (χ1n) is 7.75. The molecule has 0 atom stereocenters. The van der Waals surface area contributed by atoms with Crippen LogP contribution in [0.3, 0.4) is 0 Å².